The number of nitrogens with one attached hydrogen (secondary N) is 2. The number of amides is 3. The van der Waals surface area contributed by atoms with Crippen molar-refractivity contribution >= 4 is 35.2 Å². The molecular weight excluding hydrogens is 410 g/mol. The van der Waals surface area contributed by atoms with Crippen LogP contribution in [-0.4, -0.2) is 59.5 Å². The molecule has 1 aromatic carbocycles. The zero-order valence-corrected chi connectivity index (χ0v) is 18.5. The van der Waals surface area contributed by atoms with Crippen LogP contribution in [0.3, 0.4) is 0 Å². The monoisotopic (exact) mass is 439 g/mol. The summed E-state index contributed by atoms with van der Waals surface area (Å²) in [4.78, 5) is 33.3. The summed E-state index contributed by atoms with van der Waals surface area (Å²) in [6.45, 7) is 4.22. The lowest BCUT2D eigenvalue weighted by molar-refractivity contribution is -0.130. The first kappa shape index (κ1) is 21.5. The van der Waals surface area contributed by atoms with Gasteiger partial charge in [-0.25, -0.2) is 9.78 Å². The predicted molar refractivity (Wildman–Crippen MR) is 126 cm³/mol. The van der Waals surface area contributed by atoms with Crippen molar-refractivity contribution in [3.8, 4) is 0 Å². The van der Waals surface area contributed by atoms with E-state index in [1.54, 1.807) is 0 Å². The number of hydrogen-bond acceptors (Lipinski definition) is 5. The fraction of sp³-hybridized carbons (Fsp3) is 0.435. The largest absolute Gasteiger partial charge is 0.357 e. The molecule has 1 aromatic heterocycles. The Kier molecular flexibility index (Phi) is 7.30. The number of carbonyl (C=O) groups is 2. The van der Waals surface area contributed by atoms with E-state index >= 15 is 0 Å². The van der Waals surface area contributed by atoms with Gasteiger partial charge in [0, 0.05) is 56.1 Å². The molecule has 3 heterocycles. The second kappa shape index (κ2) is 10.5. The predicted octanol–water partition coefficient (Wildman–Crippen LogP) is 3.12. The lowest BCUT2D eigenvalue weighted by atomic mass is 10.1. The highest BCUT2D eigenvalue weighted by Gasteiger charge is 2.17. The summed E-state index contributed by atoms with van der Waals surface area (Å²) in [7, 11) is 0. The van der Waals surface area contributed by atoms with Crippen molar-refractivity contribution in [3.05, 3.63) is 53.7 Å². The Balaban J connectivity index is 1.21. The zero-order chi connectivity index (χ0) is 21.5. The van der Waals surface area contributed by atoms with Gasteiger partial charge in [-0.3, -0.25) is 4.79 Å². The molecule has 0 spiro atoms. The molecule has 164 valence electrons. The van der Waals surface area contributed by atoms with Crippen LogP contribution in [0, 0.1) is 0 Å². The lowest BCUT2D eigenvalue weighted by Crippen LogP contribution is -2.38. The van der Waals surface area contributed by atoms with Gasteiger partial charge in [-0.1, -0.05) is 18.2 Å². The van der Waals surface area contributed by atoms with Crippen molar-refractivity contribution < 1.29 is 9.59 Å². The van der Waals surface area contributed by atoms with Crippen molar-refractivity contribution in [3.63, 3.8) is 0 Å². The van der Waals surface area contributed by atoms with E-state index in [0.29, 0.717) is 18.7 Å². The summed E-state index contributed by atoms with van der Waals surface area (Å²) in [5.41, 5.74) is 2.62. The van der Waals surface area contributed by atoms with Crippen LogP contribution in [0.15, 0.2) is 42.6 Å². The highest BCUT2D eigenvalue weighted by molar-refractivity contribution is 7.99. The van der Waals surface area contributed by atoms with Gasteiger partial charge >= 0.3 is 6.03 Å². The molecule has 8 heteroatoms. The van der Waals surface area contributed by atoms with Crippen LogP contribution in [0.4, 0.5) is 16.3 Å². The van der Waals surface area contributed by atoms with E-state index in [4.69, 9.17) is 0 Å². The Morgan fingerprint density at radius 2 is 1.65 bits per heavy atom. The molecule has 3 amide bonds. The van der Waals surface area contributed by atoms with E-state index < -0.39 is 0 Å². The first-order valence-corrected chi connectivity index (χ1v) is 12.0. The summed E-state index contributed by atoms with van der Waals surface area (Å²) < 4.78 is 0. The third-order valence-electron chi connectivity index (χ3n) is 5.62. The molecule has 7 nitrogen and oxygen atoms in total. The van der Waals surface area contributed by atoms with Gasteiger partial charge in [-0.15, -0.1) is 0 Å². The van der Waals surface area contributed by atoms with E-state index in [1.807, 2.05) is 59.3 Å². The maximum atomic E-state index is 12.4. The summed E-state index contributed by atoms with van der Waals surface area (Å²) in [6, 6.07) is 11.2. The van der Waals surface area contributed by atoms with Crippen LogP contribution in [-0.2, 0) is 17.8 Å². The molecule has 31 heavy (non-hydrogen) atoms. The summed E-state index contributed by atoms with van der Waals surface area (Å²) in [5.74, 6) is 3.21. The second-order valence-electron chi connectivity index (χ2n) is 7.89. The van der Waals surface area contributed by atoms with Crippen molar-refractivity contribution in [1.82, 2.24) is 15.2 Å². The Morgan fingerprint density at radius 1 is 0.935 bits per heavy atom. The van der Waals surface area contributed by atoms with Crippen molar-refractivity contribution in [2.45, 2.75) is 25.8 Å². The molecule has 2 N–H and O–H groups in total. The SMILES string of the molecule is O=C(NCc1ccc(N2CCCC2)nc1)Nc1ccc(CC(=O)N2CCSCC2)cc1. The average Bonchev–Trinajstić information content (AvgIpc) is 3.35. The molecular formula is C23H29N5O2S. The number of thioether (sulfide) groups is 1. The molecule has 4 rings (SSSR count). The van der Waals surface area contributed by atoms with Crippen molar-refractivity contribution in [2.75, 3.05) is 47.9 Å². The van der Waals surface area contributed by atoms with E-state index in [-0.39, 0.29) is 11.9 Å². The molecule has 0 atom stereocenters. The van der Waals surface area contributed by atoms with Crippen LogP contribution < -0.4 is 15.5 Å². The quantitative estimate of drug-likeness (QED) is 0.723. The first-order chi connectivity index (χ1) is 15.2. The Hall–Kier alpha value is -2.74. The number of carbonyl (C=O) groups excluding carboxylic acids is 2. The summed E-state index contributed by atoms with van der Waals surface area (Å²) in [5, 5.41) is 5.70. The van der Waals surface area contributed by atoms with Gasteiger partial charge in [0.05, 0.1) is 6.42 Å². The van der Waals surface area contributed by atoms with Gasteiger partial charge < -0.3 is 20.4 Å². The molecule has 2 aliphatic heterocycles. The standard InChI is InChI=1S/C23H29N5O2S/c29-22(28-11-13-31-14-12-28)15-18-3-6-20(7-4-18)26-23(30)25-17-19-5-8-21(24-16-19)27-9-1-2-10-27/h3-8,16H,1-2,9-15,17H2,(H2,25,26,30). The van der Waals surface area contributed by atoms with Crippen molar-refractivity contribution in [2.24, 2.45) is 0 Å². The van der Waals surface area contributed by atoms with Gasteiger partial charge in [-0.05, 0) is 42.2 Å². The smallest absolute Gasteiger partial charge is 0.319 e. The molecule has 0 radical (unpaired) electrons. The number of aromatic nitrogens is 1. The maximum absolute atomic E-state index is 12.4. The fourth-order valence-corrected chi connectivity index (χ4v) is 4.72. The van der Waals surface area contributed by atoms with Gasteiger partial charge in [0.15, 0.2) is 0 Å². The fourth-order valence-electron chi connectivity index (χ4n) is 3.82. The molecule has 0 saturated carbocycles. The molecule has 0 unspecified atom stereocenters. The minimum absolute atomic E-state index is 0.170. The van der Waals surface area contributed by atoms with E-state index in [2.05, 4.69) is 20.5 Å². The van der Waals surface area contributed by atoms with Crippen LogP contribution >= 0.6 is 11.8 Å². The average molecular weight is 440 g/mol. The number of hydrogen-bond donors (Lipinski definition) is 2. The van der Waals surface area contributed by atoms with Gasteiger partial charge in [0.25, 0.3) is 0 Å². The van der Waals surface area contributed by atoms with E-state index in [9.17, 15) is 9.59 Å². The molecule has 0 bridgehead atoms. The Bertz CT molecular complexity index is 876. The maximum Gasteiger partial charge on any atom is 0.319 e. The van der Waals surface area contributed by atoms with E-state index in [1.165, 1.54) is 12.8 Å². The van der Waals surface area contributed by atoms with Crippen molar-refractivity contribution in [1.29, 1.82) is 0 Å². The molecule has 0 aliphatic carbocycles. The molecule has 2 saturated heterocycles. The normalized spacial score (nSPS) is 16.3. The number of urea groups is 1. The highest BCUT2D eigenvalue weighted by atomic mass is 32.2. The van der Waals surface area contributed by atoms with E-state index in [0.717, 1.165) is 54.6 Å². The third-order valence-corrected chi connectivity index (χ3v) is 6.57. The topological polar surface area (TPSA) is 77.6 Å². The second-order valence-corrected chi connectivity index (χ2v) is 9.12. The third kappa shape index (κ3) is 6.13. The minimum atomic E-state index is -0.265. The molecule has 2 fully saturated rings. The zero-order valence-electron chi connectivity index (χ0n) is 17.7. The summed E-state index contributed by atoms with van der Waals surface area (Å²) >= 11 is 1.89. The minimum Gasteiger partial charge on any atom is -0.357 e. The van der Waals surface area contributed by atoms with Crippen LogP contribution in [0.5, 0.6) is 0 Å². The Labute approximate surface area is 187 Å². The van der Waals surface area contributed by atoms with Gasteiger partial charge in [-0.2, -0.15) is 11.8 Å². The first-order valence-electron chi connectivity index (χ1n) is 10.9. The van der Waals surface area contributed by atoms with Crippen LogP contribution in [0.2, 0.25) is 0 Å². The molecule has 2 aliphatic rings. The Morgan fingerprint density at radius 3 is 2.32 bits per heavy atom. The summed E-state index contributed by atoms with van der Waals surface area (Å²) in [6.07, 6.45) is 4.67. The highest BCUT2D eigenvalue weighted by Crippen LogP contribution is 2.18. The lowest BCUT2D eigenvalue weighted by Gasteiger charge is -2.26. The number of benzene rings is 1. The number of rotatable bonds is 6. The van der Waals surface area contributed by atoms with Gasteiger partial charge in [0.1, 0.15) is 5.82 Å². The molecule has 2 aromatic rings. The van der Waals surface area contributed by atoms with Crippen LogP contribution in [0.1, 0.15) is 24.0 Å². The van der Waals surface area contributed by atoms with Crippen LogP contribution in [0.25, 0.3) is 0 Å². The number of nitrogens with zero attached hydrogens (tertiary/aromatic N) is 3. The number of anilines is 2. The number of pyridine rings is 1. The van der Waals surface area contributed by atoms with Gasteiger partial charge in [0.2, 0.25) is 5.91 Å².